The number of aromatic nitrogens is 1. The third-order valence-electron chi connectivity index (χ3n) is 4.72. The van der Waals surface area contributed by atoms with Gasteiger partial charge in [0.15, 0.2) is 0 Å². The Hall–Kier alpha value is -4.04. The molecule has 160 valence electrons. The number of nitrogens with one attached hydrogen (secondary N) is 1. The van der Waals surface area contributed by atoms with Crippen LogP contribution in [0.4, 0.5) is 10.8 Å². The van der Waals surface area contributed by atoms with Crippen LogP contribution in [0.25, 0.3) is 11.3 Å². The molecule has 32 heavy (non-hydrogen) atoms. The van der Waals surface area contributed by atoms with Gasteiger partial charge in [-0.05, 0) is 54.4 Å². The molecule has 0 aliphatic carbocycles. The fourth-order valence-corrected chi connectivity index (χ4v) is 3.60. The third kappa shape index (κ3) is 5.35. The summed E-state index contributed by atoms with van der Waals surface area (Å²) in [4.78, 5) is 14.9. The van der Waals surface area contributed by atoms with Crippen molar-refractivity contribution in [1.29, 1.82) is 0 Å². The van der Waals surface area contributed by atoms with Crippen LogP contribution >= 0.6 is 11.3 Å². The average Bonchev–Trinajstić information content (AvgIpc) is 3.31. The zero-order chi connectivity index (χ0) is 22.3. The predicted octanol–water partition coefficient (Wildman–Crippen LogP) is 6.13. The van der Waals surface area contributed by atoms with Crippen molar-refractivity contribution in [3.63, 3.8) is 0 Å². The van der Waals surface area contributed by atoms with Crippen molar-refractivity contribution >= 4 is 27.9 Å². The monoisotopic (exact) mass is 444 g/mol. The maximum atomic E-state index is 10.8. The van der Waals surface area contributed by atoms with Gasteiger partial charge in [-0.1, -0.05) is 30.3 Å². The molecule has 1 N–H and O–H groups in total. The summed E-state index contributed by atoms with van der Waals surface area (Å²) in [5.41, 5.74) is 7.48. The molecule has 4 aromatic rings. The van der Waals surface area contributed by atoms with Crippen molar-refractivity contribution in [3.8, 4) is 17.0 Å². The van der Waals surface area contributed by atoms with E-state index in [1.165, 1.54) is 23.5 Å². The second-order valence-electron chi connectivity index (χ2n) is 6.95. The molecule has 3 aromatic carbocycles. The lowest BCUT2D eigenvalue weighted by Crippen LogP contribution is -2.00. The molecule has 0 saturated carbocycles. The van der Waals surface area contributed by atoms with Crippen LogP contribution in [0, 0.1) is 10.1 Å². The van der Waals surface area contributed by atoms with Crippen molar-refractivity contribution in [2.75, 3.05) is 5.43 Å². The number of hydrazone groups is 1. The van der Waals surface area contributed by atoms with Gasteiger partial charge >= 0.3 is 0 Å². The van der Waals surface area contributed by atoms with E-state index in [0.29, 0.717) is 11.7 Å². The zero-order valence-electron chi connectivity index (χ0n) is 17.3. The molecule has 0 amide bonds. The van der Waals surface area contributed by atoms with Gasteiger partial charge in [0.2, 0.25) is 5.13 Å². The first kappa shape index (κ1) is 21.2. The number of thiazole rings is 1. The van der Waals surface area contributed by atoms with Crippen LogP contribution in [0.15, 0.2) is 89.3 Å². The Kier molecular flexibility index (Phi) is 6.52. The van der Waals surface area contributed by atoms with Crippen molar-refractivity contribution in [2.45, 2.75) is 13.5 Å². The highest BCUT2D eigenvalue weighted by molar-refractivity contribution is 7.14. The molecule has 0 aliphatic heterocycles. The molecule has 4 rings (SSSR count). The van der Waals surface area contributed by atoms with E-state index in [1.807, 2.05) is 66.9 Å². The van der Waals surface area contributed by atoms with Crippen molar-refractivity contribution in [2.24, 2.45) is 5.10 Å². The molecule has 0 unspecified atom stereocenters. The Balaban J connectivity index is 1.36. The second-order valence-corrected chi connectivity index (χ2v) is 7.81. The van der Waals surface area contributed by atoms with Gasteiger partial charge < -0.3 is 4.74 Å². The molecular formula is C24H20N4O3S. The molecule has 0 radical (unpaired) electrons. The van der Waals surface area contributed by atoms with Crippen molar-refractivity contribution in [3.05, 3.63) is 105 Å². The summed E-state index contributed by atoms with van der Waals surface area (Å²) in [6.45, 7) is 2.44. The van der Waals surface area contributed by atoms with Crippen LogP contribution < -0.4 is 10.2 Å². The number of anilines is 1. The summed E-state index contributed by atoms with van der Waals surface area (Å²) in [5, 5.41) is 17.7. The molecule has 0 bridgehead atoms. The number of nitro groups is 1. The maximum absolute atomic E-state index is 10.8. The number of hydrogen-bond donors (Lipinski definition) is 1. The van der Waals surface area contributed by atoms with Crippen LogP contribution in [-0.4, -0.2) is 15.6 Å². The van der Waals surface area contributed by atoms with E-state index in [0.717, 1.165) is 33.8 Å². The van der Waals surface area contributed by atoms with Gasteiger partial charge in [-0.15, -0.1) is 11.3 Å². The van der Waals surface area contributed by atoms with Gasteiger partial charge in [-0.25, -0.2) is 4.98 Å². The summed E-state index contributed by atoms with van der Waals surface area (Å²) in [7, 11) is 0. The van der Waals surface area contributed by atoms with E-state index in [1.54, 1.807) is 12.1 Å². The zero-order valence-corrected chi connectivity index (χ0v) is 18.1. The first-order valence-corrected chi connectivity index (χ1v) is 10.7. The molecule has 7 nitrogen and oxygen atoms in total. The Morgan fingerprint density at radius 3 is 2.47 bits per heavy atom. The predicted molar refractivity (Wildman–Crippen MR) is 127 cm³/mol. The fraction of sp³-hybridized carbons (Fsp3) is 0.0833. The molecule has 0 spiro atoms. The molecular weight excluding hydrogens is 424 g/mol. The second kappa shape index (κ2) is 9.84. The number of rotatable bonds is 8. The molecule has 1 aromatic heterocycles. The summed E-state index contributed by atoms with van der Waals surface area (Å²) >= 11 is 1.42. The number of nitrogens with zero attached hydrogens (tertiary/aromatic N) is 3. The lowest BCUT2D eigenvalue weighted by molar-refractivity contribution is -0.384. The lowest BCUT2D eigenvalue weighted by Gasteiger charge is -2.07. The highest BCUT2D eigenvalue weighted by Gasteiger charge is 2.08. The van der Waals surface area contributed by atoms with Gasteiger partial charge in [-0.2, -0.15) is 5.10 Å². The van der Waals surface area contributed by atoms with E-state index < -0.39 is 4.92 Å². The van der Waals surface area contributed by atoms with Crippen LogP contribution in [-0.2, 0) is 6.61 Å². The Morgan fingerprint density at radius 1 is 1.06 bits per heavy atom. The molecule has 0 saturated heterocycles. The van der Waals surface area contributed by atoms with Gasteiger partial charge in [-0.3, -0.25) is 15.5 Å². The molecule has 0 fully saturated rings. The molecule has 0 atom stereocenters. The maximum Gasteiger partial charge on any atom is 0.269 e. The Bertz CT molecular complexity index is 1220. The van der Waals surface area contributed by atoms with Crippen LogP contribution in [0.5, 0.6) is 5.75 Å². The quantitative estimate of drug-likeness (QED) is 0.200. The van der Waals surface area contributed by atoms with Crippen LogP contribution in [0.1, 0.15) is 18.1 Å². The molecule has 8 heteroatoms. The SMILES string of the molecule is CC(=NNc1nc(-c2ccc([N+](=O)[O-])cc2)cs1)c1ccc(OCc2ccccc2)cc1. The minimum Gasteiger partial charge on any atom is -0.489 e. The summed E-state index contributed by atoms with van der Waals surface area (Å²) in [6, 6.07) is 24.1. The fourth-order valence-electron chi connectivity index (χ4n) is 2.94. The minimum atomic E-state index is -0.419. The number of ether oxygens (including phenoxy) is 1. The largest absolute Gasteiger partial charge is 0.489 e. The minimum absolute atomic E-state index is 0.0547. The standard InChI is InChI=1S/C24H20N4O3S/c1-17(19-9-13-22(14-10-19)31-15-18-5-3-2-4-6-18)26-27-24-25-23(16-32-24)20-7-11-21(12-8-20)28(29)30/h2-14,16H,15H2,1H3,(H,25,27). The normalized spacial score (nSPS) is 11.2. The number of non-ortho nitro benzene ring substituents is 1. The number of benzene rings is 3. The molecule has 0 aliphatic rings. The number of nitro benzene ring substituents is 1. The smallest absolute Gasteiger partial charge is 0.269 e. The van der Waals surface area contributed by atoms with Crippen molar-refractivity contribution in [1.82, 2.24) is 4.98 Å². The van der Waals surface area contributed by atoms with Gasteiger partial charge in [0.25, 0.3) is 5.69 Å². The van der Waals surface area contributed by atoms with Crippen LogP contribution in [0.3, 0.4) is 0 Å². The first-order valence-electron chi connectivity index (χ1n) is 9.86. The first-order chi connectivity index (χ1) is 15.6. The highest BCUT2D eigenvalue weighted by Crippen LogP contribution is 2.26. The summed E-state index contributed by atoms with van der Waals surface area (Å²) < 4.78 is 5.82. The van der Waals surface area contributed by atoms with Crippen molar-refractivity contribution < 1.29 is 9.66 Å². The van der Waals surface area contributed by atoms with E-state index in [-0.39, 0.29) is 5.69 Å². The average molecular weight is 445 g/mol. The van der Waals surface area contributed by atoms with Gasteiger partial charge in [0.05, 0.1) is 16.3 Å². The van der Waals surface area contributed by atoms with E-state index >= 15 is 0 Å². The summed E-state index contributed by atoms with van der Waals surface area (Å²) in [5.74, 6) is 0.797. The van der Waals surface area contributed by atoms with E-state index in [9.17, 15) is 10.1 Å². The third-order valence-corrected chi connectivity index (χ3v) is 5.46. The number of hydrogen-bond acceptors (Lipinski definition) is 7. The Morgan fingerprint density at radius 2 is 1.78 bits per heavy atom. The van der Waals surface area contributed by atoms with E-state index in [4.69, 9.17) is 4.74 Å². The van der Waals surface area contributed by atoms with Gasteiger partial charge in [0, 0.05) is 23.1 Å². The lowest BCUT2D eigenvalue weighted by atomic mass is 10.1. The Labute approximate surface area is 189 Å². The highest BCUT2D eigenvalue weighted by atomic mass is 32.1. The van der Waals surface area contributed by atoms with Crippen LogP contribution in [0.2, 0.25) is 0 Å². The van der Waals surface area contributed by atoms with E-state index in [2.05, 4.69) is 15.5 Å². The topological polar surface area (TPSA) is 89.7 Å². The summed E-state index contributed by atoms with van der Waals surface area (Å²) in [6.07, 6.45) is 0. The van der Waals surface area contributed by atoms with Gasteiger partial charge in [0.1, 0.15) is 12.4 Å². The molecule has 1 heterocycles.